The lowest BCUT2D eigenvalue weighted by atomic mass is 10.0. The van der Waals surface area contributed by atoms with Crippen LogP contribution in [0.3, 0.4) is 0 Å². The van der Waals surface area contributed by atoms with Gasteiger partial charge < -0.3 is 14.8 Å². The zero-order chi connectivity index (χ0) is 11.5. The Bertz CT molecular complexity index is 378. The lowest BCUT2D eigenvalue weighted by Crippen LogP contribution is -2.20. The average Bonchev–Trinajstić information content (AvgIpc) is 2.31. The fraction of sp³-hybridized carbons (Fsp3) is 0.500. The van der Waals surface area contributed by atoms with Crippen molar-refractivity contribution in [3.05, 3.63) is 23.3 Å². The topological polar surface area (TPSA) is 30.5 Å². The van der Waals surface area contributed by atoms with E-state index in [9.17, 15) is 0 Å². The summed E-state index contributed by atoms with van der Waals surface area (Å²) < 4.78 is 11.1. The summed E-state index contributed by atoms with van der Waals surface area (Å²) in [6, 6.07) is 4.35. The normalized spacial score (nSPS) is 15.9. The van der Waals surface area contributed by atoms with Gasteiger partial charge >= 0.3 is 0 Å². The van der Waals surface area contributed by atoms with Crippen molar-refractivity contribution in [1.29, 1.82) is 0 Å². The number of fused-ring (bicyclic) bond motifs is 1. The summed E-state index contributed by atoms with van der Waals surface area (Å²) in [5.41, 5.74) is 2.43. The van der Waals surface area contributed by atoms with Crippen molar-refractivity contribution in [2.75, 3.05) is 26.0 Å². The van der Waals surface area contributed by atoms with E-state index < -0.39 is 0 Å². The molecule has 0 saturated heterocycles. The van der Waals surface area contributed by atoms with E-state index in [2.05, 4.69) is 30.9 Å². The Morgan fingerprint density at radius 1 is 1.31 bits per heavy atom. The minimum atomic E-state index is 0.249. The van der Waals surface area contributed by atoms with Gasteiger partial charge in [-0.15, -0.1) is 0 Å². The van der Waals surface area contributed by atoms with Gasteiger partial charge in [0.15, 0.2) is 11.5 Å². The van der Waals surface area contributed by atoms with Crippen molar-refractivity contribution < 1.29 is 9.47 Å². The molecule has 0 radical (unpaired) electrons. The highest BCUT2D eigenvalue weighted by Crippen LogP contribution is 2.35. The van der Waals surface area contributed by atoms with Crippen LogP contribution in [0.15, 0.2) is 12.1 Å². The summed E-state index contributed by atoms with van der Waals surface area (Å²) in [6.07, 6.45) is 0. The smallest absolute Gasteiger partial charge is 0.161 e. The highest BCUT2D eigenvalue weighted by molar-refractivity contribution is 7.80. The van der Waals surface area contributed by atoms with Crippen LogP contribution in [0, 0.1) is 6.92 Å². The predicted molar refractivity (Wildman–Crippen MR) is 67.8 cm³/mol. The zero-order valence-corrected chi connectivity index (χ0v) is 10.5. The molecule has 0 spiro atoms. The van der Waals surface area contributed by atoms with Crippen LogP contribution >= 0.6 is 12.6 Å². The molecule has 3 nitrogen and oxygen atoms in total. The molecular weight excluding hydrogens is 222 g/mol. The fourth-order valence-electron chi connectivity index (χ4n) is 1.93. The number of hydrogen-bond donors (Lipinski definition) is 2. The second-order valence-corrected chi connectivity index (χ2v) is 4.24. The molecule has 0 bridgehead atoms. The number of ether oxygens (including phenoxy) is 2. The van der Waals surface area contributed by atoms with Gasteiger partial charge in [0.2, 0.25) is 0 Å². The summed E-state index contributed by atoms with van der Waals surface area (Å²) >= 11 is 4.35. The first-order valence-electron chi connectivity index (χ1n) is 5.44. The Morgan fingerprint density at radius 2 is 1.94 bits per heavy atom. The Morgan fingerprint density at radius 3 is 2.50 bits per heavy atom. The fourth-order valence-corrected chi connectivity index (χ4v) is 2.31. The van der Waals surface area contributed by atoms with Crippen LogP contribution in [0.5, 0.6) is 11.5 Å². The summed E-state index contributed by atoms with van der Waals surface area (Å²) in [6.45, 7) is 3.34. The van der Waals surface area contributed by atoms with Crippen molar-refractivity contribution >= 4 is 12.6 Å². The lowest BCUT2D eigenvalue weighted by Gasteiger charge is -2.23. The molecule has 1 atom stereocenters. The Labute approximate surface area is 102 Å². The molecule has 0 amide bonds. The molecule has 1 unspecified atom stereocenters. The summed E-state index contributed by atoms with van der Waals surface area (Å²) in [5, 5.41) is 3.24. The quantitative estimate of drug-likeness (QED) is 0.790. The maximum atomic E-state index is 5.58. The third kappa shape index (κ3) is 2.13. The van der Waals surface area contributed by atoms with Crippen molar-refractivity contribution in [3.63, 3.8) is 0 Å². The number of aryl methyl sites for hydroxylation is 1. The highest BCUT2D eigenvalue weighted by atomic mass is 32.1. The molecule has 88 valence electrons. The van der Waals surface area contributed by atoms with Gasteiger partial charge in [0.05, 0.1) is 0 Å². The highest BCUT2D eigenvalue weighted by Gasteiger charge is 2.17. The molecule has 1 aliphatic heterocycles. The van der Waals surface area contributed by atoms with E-state index in [1.807, 2.05) is 13.1 Å². The largest absolute Gasteiger partial charge is 0.486 e. The van der Waals surface area contributed by atoms with Crippen LogP contribution < -0.4 is 14.8 Å². The summed E-state index contributed by atoms with van der Waals surface area (Å²) in [4.78, 5) is 0. The molecule has 1 aromatic rings. The Kier molecular flexibility index (Phi) is 3.61. The van der Waals surface area contributed by atoms with Crippen molar-refractivity contribution in [2.24, 2.45) is 0 Å². The standard InChI is InChI=1S/C12H17NO2S/c1-8-5-11-12(15-4-3-14-11)6-9(8)10(7-16)13-2/h5-6,10,13,16H,3-4,7H2,1-2H3. The number of benzene rings is 1. The van der Waals surface area contributed by atoms with E-state index in [0.29, 0.717) is 13.2 Å². The molecule has 0 aromatic heterocycles. The predicted octanol–water partition coefficient (Wildman–Crippen LogP) is 1.96. The van der Waals surface area contributed by atoms with Crippen molar-refractivity contribution in [3.8, 4) is 11.5 Å². The molecule has 1 N–H and O–H groups in total. The van der Waals surface area contributed by atoms with E-state index in [0.717, 1.165) is 17.3 Å². The zero-order valence-electron chi connectivity index (χ0n) is 9.62. The summed E-state index contributed by atoms with van der Waals surface area (Å²) in [7, 11) is 1.94. The first kappa shape index (κ1) is 11.6. The molecule has 1 aromatic carbocycles. The third-order valence-corrected chi connectivity index (χ3v) is 3.20. The molecule has 16 heavy (non-hydrogen) atoms. The molecule has 1 heterocycles. The average molecular weight is 239 g/mol. The first-order valence-corrected chi connectivity index (χ1v) is 6.07. The summed E-state index contributed by atoms with van der Waals surface area (Å²) in [5.74, 6) is 2.45. The van der Waals surface area contributed by atoms with Gasteiger partial charge in [0, 0.05) is 11.8 Å². The maximum absolute atomic E-state index is 5.58. The molecule has 0 aliphatic carbocycles. The van der Waals surface area contributed by atoms with Crippen LogP contribution in [-0.4, -0.2) is 26.0 Å². The van der Waals surface area contributed by atoms with Gasteiger partial charge in [0.1, 0.15) is 13.2 Å². The molecule has 2 rings (SSSR count). The molecule has 0 fully saturated rings. The molecule has 0 saturated carbocycles. The van der Waals surface area contributed by atoms with Gasteiger partial charge in [-0.05, 0) is 37.2 Å². The van der Waals surface area contributed by atoms with E-state index >= 15 is 0 Å². The van der Waals surface area contributed by atoms with Gasteiger partial charge in [-0.3, -0.25) is 0 Å². The minimum Gasteiger partial charge on any atom is -0.486 e. The second-order valence-electron chi connectivity index (χ2n) is 3.88. The Balaban J connectivity index is 2.38. The lowest BCUT2D eigenvalue weighted by molar-refractivity contribution is 0.171. The molecule has 4 heteroatoms. The number of hydrogen-bond acceptors (Lipinski definition) is 4. The third-order valence-electron chi connectivity index (χ3n) is 2.84. The van der Waals surface area contributed by atoms with Crippen LogP contribution in [0.1, 0.15) is 17.2 Å². The second kappa shape index (κ2) is 4.97. The molecular formula is C12H17NO2S. The number of thiol groups is 1. The SMILES string of the molecule is CNC(CS)c1cc2c(cc1C)OCCO2. The maximum Gasteiger partial charge on any atom is 0.161 e. The minimum absolute atomic E-state index is 0.249. The first-order chi connectivity index (χ1) is 7.76. The van der Waals surface area contributed by atoms with Crippen molar-refractivity contribution in [2.45, 2.75) is 13.0 Å². The van der Waals surface area contributed by atoms with Gasteiger partial charge in [0.25, 0.3) is 0 Å². The van der Waals surface area contributed by atoms with E-state index in [1.54, 1.807) is 0 Å². The monoisotopic (exact) mass is 239 g/mol. The van der Waals surface area contributed by atoms with E-state index in [4.69, 9.17) is 9.47 Å². The van der Waals surface area contributed by atoms with Crippen molar-refractivity contribution in [1.82, 2.24) is 5.32 Å². The van der Waals surface area contributed by atoms with Gasteiger partial charge in [-0.2, -0.15) is 12.6 Å². The van der Waals surface area contributed by atoms with Gasteiger partial charge in [-0.25, -0.2) is 0 Å². The molecule has 1 aliphatic rings. The van der Waals surface area contributed by atoms with Crippen LogP contribution in [0.2, 0.25) is 0 Å². The van der Waals surface area contributed by atoms with Crippen LogP contribution in [0.4, 0.5) is 0 Å². The van der Waals surface area contributed by atoms with E-state index in [1.165, 1.54) is 11.1 Å². The number of rotatable bonds is 3. The van der Waals surface area contributed by atoms with Crippen LogP contribution in [0.25, 0.3) is 0 Å². The van der Waals surface area contributed by atoms with Gasteiger partial charge in [-0.1, -0.05) is 0 Å². The Hall–Kier alpha value is -0.870. The van der Waals surface area contributed by atoms with E-state index in [-0.39, 0.29) is 6.04 Å². The number of nitrogens with one attached hydrogen (secondary N) is 1. The van der Waals surface area contributed by atoms with Crippen LogP contribution in [-0.2, 0) is 0 Å².